The number of hydrogen-bond acceptors (Lipinski definition) is 5. The van der Waals surface area contributed by atoms with Crippen LogP contribution in [0.5, 0.6) is 17.2 Å². The molecule has 0 fully saturated rings. The van der Waals surface area contributed by atoms with Crippen molar-refractivity contribution >= 4 is 6.21 Å². The number of benzene rings is 1. The van der Waals surface area contributed by atoms with Crippen molar-refractivity contribution in [3.63, 3.8) is 0 Å². The fourth-order valence-electron chi connectivity index (χ4n) is 0.954. The summed E-state index contributed by atoms with van der Waals surface area (Å²) in [4.78, 5) is 3.73. The number of aliphatic hydroxyl groups is 1. The molecule has 0 unspecified atom stereocenters. The summed E-state index contributed by atoms with van der Waals surface area (Å²) in [7, 11) is 0. The molecule has 1 aromatic carbocycles. The monoisotopic (exact) mass is 197 g/mol. The molecule has 0 aromatic heterocycles. The minimum Gasteiger partial charge on any atom is -0.508 e. The standard InChI is InChI=1S/C9H11NO4/c11-2-1-10-5-7-8(13)3-6(12)4-9(7)14/h3-5,11-14H,1-2H2. The maximum Gasteiger partial charge on any atom is 0.131 e. The average molecular weight is 197 g/mol. The van der Waals surface area contributed by atoms with Crippen molar-refractivity contribution in [3.8, 4) is 17.2 Å². The van der Waals surface area contributed by atoms with Crippen LogP contribution in [-0.4, -0.2) is 39.8 Å². The first-order valence-corrected chi connectivity index (χ1v) is 4.00. The van der Waals surface area contributed by atoms with E-state index in [4.69, 9.17) is 10.2 Å². The van der Waals surface area contributed by atoms with E-state index in [2.05, 4.69) is 4.99 Å². The smallest absolute Gasteiger partial charge is 0.131 e. The maximum absolute atomic E-state index is 9.30. The molecule has 0 atom stereocenters. The molecule has 0 saturated carbocycles. The zero-order valence-electron chi connectivity index (χ0n) is 7.38. The van der Waals surface area contributed by atoms with Crippen molar-refractivity contribution < 1.29 is 20.4 Å². The van der Waals surface area contributed by atoms with E-state index >= 15 is 0 Å². The quantitative estimate of drug-likeness (QED) is 0.521. The second-order valence-electron chi connectivity index (χ2n) is 2.66. The van der Waals surface area contributed by atoms with Gasteiger partial charge >= 0.3 is 0 Å². The topological polar surface area (TPSA) is 93.3 Å². The molecule has 0 saturated heterocycles. The molecule has 0 aliphatic heterocycles. The fraction of sp³-hybridized carbons (Fsp3) is 0.222. The minimum absolute atomic E-state index is 0.101. The van der Waals surface area contributed by atoms with Crippen LogP contribution in [0.2, 0.25) is 0 Å². The minimum atomic E-state index is -0.260. The largest absolute Gasteiger partial charge is 0.508 e. The summed E-state index contributed by atoms with van der Waals surface area (Å²) in [5, 5.41) is 36.0. The van der Waals surface area contributed by atoms with E-state index in [0.29, 0.717) is 0 Å². The molecule has 1 aromatic rings. The lowest BCUT2D eigenvalue weighted by Crippen LogP contribution is -1.90. The van der Waals surface area contributed by atoms with Crippen LogP contribution in [0.15, 0.2) is 17.1 Å². The van der Waals surface area contributed by atoms with Crippen LogP contribution in [0.25, 0.3) is 0 Å². The van der Waals surface area contributed by atoms with Gasteiger partial charge in [-0.3, -0.25) is 4.99 Å². The summed E-state index contributed by atoms with van der Waals surface area (Å²) >= 11 is 0. The molecule has 0 radical (unpaired) electrons. The zero-order valence-corrected chi connectivity index (χ0v) is 7.38. The first kappa shape index (κ1) is 10.3. The molecule has 5 nitrogen and oxygen atoms in total. The van der Waals surface area contributed by atoms with Crippen LogP contribution in [-0.2, 0) is 0 Å². The lowest BCUT2D eigenvalue weighted by Gasteiger charge is -2.02. The van der Waals surface area contributed by atoms with Gasteiger partial charge in [-0.15, -0.1) is 0 Å². The molecule has 4 N–H and O–H groups in total. The van der Waals surface area contributed by atoms with Crippen molar-refractivity contribution in [2.45, 2.75) is 0 Å². The van der Waals surface area contributed by atoms with Gasteiger partial charge in [0.05, 0.1) is 18.7 Å². The molecule has 76 valence electrons. The van der Waals surface area contributed by atoms with Crippen LogP contribution in [0.3, 0.4) is 0 Å². The zero-order chi connectivity index (χ0) is 10.6. The first-order chi connectivity index (χ1) is 6.65. The van der Waals surface area contributed by atoms with Gasteiger partial charge in [0, 0.05) is 18.3 Å². The highest BCUT2D eigenvalue weighted by molar-refractivity contribution is 5.87. The van der Waals surface area contributed by atoms with Gasteiger partial charge in [-0.1, -0.05) is 0 Å². The number of aromatic hydroxyl groups is 3. The fourth-order valence-corrected chi connectivity index (χ4v) is 0.954. The van der Waals surface area contributed by atoms with Crippen LogP contribution < -0.4 is 0 Å². The van der Waals surface area contributed by atoms with Crippen LogP contribution in [0.4, 0.5) is 0 Å². The summed E-state index contributed by atoms with van der Waals surface area (Å²) in [5.74, 6) is -0.743. The molecule has 0 heterocycles. The molecular formula is C9H11NO4. The van der Waals surface area contributed by atoms with E-state index in [1.165, 1.54) is 6.21 Å². The Hall–Kier alpha value is -1.75. The Bertz CT molecular complexity index is 326. The van der Waals surface area contributed by atoms with Gasteiger partial charge in [0.2, 0.25) is 0 Å². The molecule has 0 bridgehead atoms. The third-order valence-electron chi connectivity index (χ3n) is 1.57. The summed E-state index contributed by atoms with van der Waals surface area (Å²) in [6.07, 6.45) is 1.24. The van der Waals surface area contributed by atoms with E-state index in [-0.39, 0.29) is 36.0 Å². The van der Waals surface area contributed by atoms with Crippen LogP contribution in [0.1, 0.15) is 5.56 Å². The van der Waals surface area contributed by atoms with Crippen molar-refractivity contribution in [2.24, 2.45) is 4.99 Å². The van der Waals surface area contributed by atoms with Gasteiger partial charge in [-0.05, 0) is 0 Å². The van der Waals surface area contributed by atoms with E-state index < -0.39 is 0 Å². The van der Waals surface area contributed by atoms with Crippen molar-refractivity contribution in [2.75, 3.05) is 13.2 Å². The predicted molar refractivity (Wildman–Crippen MR) is 51.0 cm³/mol. The Kier molecular flexibility index (Phi) is 3.30. The number of aliphatic hydroxyl groups excluding tert-OH is 1. The Balaban J connectivity index is 2.96. The molecule has 0 aliphatic carbocycles. The summed E-state index contributed by atoms with van der Waals surface area (Å²) in [6.45, 7) is 0.0931. The summed E-state index contributed by atoms with van der Waals surface area (Å²) < 4.78 is 0. The van der Waals surface area contributed by atoms with Gasteiger partial charge in [0.1, 0.15) is 17.2 Å². The van der Waals surface area contributed by atoms with Crippen molar-refractivity contribution in [3.05, 3.63) is 17.7 Å². The van der Waals surface area contributed by atoms with Crippen LogP contribution >= 0.6 is 0 Å². The highest BCUT2D eigenvalue weighted by Crippen LogP contribution is 2.30. The predicted octanol–water partition coefficient (Wildman–Crippen LogP) is 0.215. The second-order valence-corrected chi connectivity index (χ2v) is 2.66. The maximum atomic E-state index is 9.30. The Morgan fingerprint density at radius 3 is 2.21 bits per heavy atom. The van der Waals surface area contributed by atoms with E-state index in [9.17, 15) is 10.2 Å². The van der Waals surface area contributed by atoms with Crippen molar-refractivity contribution in [1.82, 2.24) is 0 Å². The van der Waals surface area contributed by atoms with E-state index in [1.807, 2.05) is 0 Å². The lowest BCUT2D eigenvalue weighted by atomic mass is 10.2. The molecule has 14 heavy (non-hydrogen) atoms. The van der Waals surface area contributed by atoms with Crippen LogP contribution in [0, 0.1) is 0 Å². The average Bonchev–Trinajstić information content (AvgIpc) is 2.09. The highest BCUT2D eigenvalue weighted by Gasteiger charge is 2.06. The third kappa shape index (κ3) is 2.37. The Morgan fingerprint density at radius 1 is 1.14 bits per heavy atom. The first-order valence-electron chi connectivity index (χ1n) is 4.00. The number of phenols is 3. The Morgan fingerprint density at radius 2 is 1.71 bits per heavy atom. The van der Waals surface area contributed by atoms with Gasteiger partial charge in [-0.25, -0.2) is 0 Å². The molecule has 0 spiro atoms. The number of nitrogens with zero attached hydrogens (tertiary/aromatic N) is 1. The number of rotatable bonds is 3. The SMILES string of the molecule is OCCN=Cc1c(O)cc(O)cc1O. The van der Waals surface area contributed by atoms with Crippen molar-refractivity contribution in [1.29, 1.82) is 0 Å². The van der Waals surface area contributed by atoms with Gasteiger partial charge in [-0.2, -0.15) is 0 Å². The number of aliphatic imine (C=N–C) groups is 1. The summed E-state index contributed by atoms with van der Waals surface area (Å²) in [5.41, 5.74) is 0.122. The van der Waals surface area contributed by atoms with Gasteiger partial charge in [0.25, 0.3) is 0 Å². The lowest BCUT2D eigenvalue weighted by molar-refractivity contribution is 0.307. The van der Waals surface area contributed by atoms with E-state index in [0.717, 1.165) is 12.1 Å². The Labute approximate surface area is 80.6 Å². The normalized spacial score (nSPS) is 10.9. The van der Waals surface area contributed by atoms with Gasteiger partial charge < -0.3 is 20.4 Å². The third-order valence-corrected chi connectivity index (χ3v) is 1.57. The van der Waals surface area contributed by atoms with E-state index in [1.54, 1.807) is 0 Å². The molecule has 0 amide bonds. The number of hydrogen-bond donors (Lipinski definition) is 4. The highest BCUT2D eigenvalue weighted by atomic mass is 16.3. The second kappa shape index (κ2) is 4.48. The molecule has 1 rings (SSSR count). The number of phenolic OH excluding ortho intramolecular Hbond substituents is 3. The molecule has 0 aliphatic rings. The van der Waals surface area contributed by atoms with Gasteiger partial charge in [0.15, 0.2) is 0 Å². The molecular weight excluding hydrogens is 186 g/mol. The summed E-state index contributed by atoms with van der Waals surface area (Å²) in [6, 6.07) is 2.19. The molecule has 5 heteroatoms.